The van der Waals surface area contributed by atoms with E-state index in [0.717, 1.165) is 24.3 Å². The molecular weight excluding hydrogens is 130 g/mol. The average molecular weight is 139 g/mol. The highest BCUT2D eigenvalue weighted by atomic mass is 16.5. The molecule has 3 N–H and O–H groups in total. The Hall–Kier alpha value is -1.03. The lowest BCUT2D eigenvalue weighted by Gasteiger charge is -2.10. The normalized spacial score (nSPS) is 16.8. The quantitative estimate of drug-likeness (QED) is 0.534. The molecule has 0 amide bonds. The number of nitrogen functional groups attached to an aromatic ring is 1. The van der Waals surface area contributed by atoms with Gasteiger partial charge >= 0.3 is 0 Å². The zero-order chi connectivity index (χ0) is 6.97. The van der Waals surface area contributed by atoms with Crippen molar-refractivity contribution in [2.75, 3.05) is 12.3 Å². The molecule has 2 heterocycles. The van der Waals surface area contributed by atoms with Crippen molar-refractivity contribution in [1.29, 1.82) is 0 Å². The summed E-state index contributed by atoms with van der Waals surface area (Å²) in [5, 5.41) is 6.74. The molecule has 0 aromatic carbocycles. The summed E-state index contributed by atoms with van der Waals surface area (Å²) >= 11 is 0. The number of ether oxygens (including phenoxy) is 1. The van der Waals surface area contributed by atoms with Crippen molar-refractivity contribution in [2.24, 2.45) is 0 Å². The van der Waals surface area contributed by atoms with Gasteiger partial charge in [-0.05, 0) is 0 Å². The van der Waals surface area contributed by atoms with Crippen LogP contribution in [0.4, 0.5) is 5.82 Å². The fraction of sp³-hybridized carbons (Fsp3) is 0.500. The van der Waals surface area contributed by atoms with Crippen LogP contribution in [-0.2, 0) is 17.8 Å². The first kappa shape index (κ1) is 5.73. The Kier molecular flexibility index (Phi) is 1.14. The van der Waals surface area contributed by atoms with Crippen LogP contribution in [-0.4, -0.2) is 16.8 Å². The predicted molar refractivity (Wildman–Crippen MR) is 36.4 cm³/mol. The Bertz CT molecular complexity index is 243. The van der Waals surface area contributed by atoms with Gasteiger partial charge in [-0.25, -0.2) is 0 Å². The summed E-state index contributed by atoms with van der Waals surface area (Å²) in [5.41, 5.74) is 7.70. The van der Waals surface area contributed by atoms with Crippen molar-refractivity contribution in [3.63, 3.8) is 0 Å². The Labute approximate surface area is 58.4 Å². The molecule has 4 nitrogen and oxygen atoms in total. The predicted octanol–water partition coefficient (Wildman–Crippen LogP) is 0.0646. The van der Waals surface area contributed by atoms with Gasteiger partial charge in [-0.15, -0.1) is 0 Å². The topological polar surface area (TPSA) is 63.9 Å². The molecule has 0 radical (unpaired) electrons. The number of H-pyrrole nitrogens is 1. The van der Waals surface area contributed by atoms with E-state index >= 15 is 0 Å². The molecule has 0 bridgehead atoms. The molecule has 1 aromatic heterocycles. The average Bonchev–Trinajstić information content (AvgIpc) is 2.34. The maximum atomic E-state index is 5.54. The van der Waals surface area contributed by atoms with Crippen LogP contribution in [0.1, 0.15) is 11.3 Å². The Morgan fingerprint density at radius 2 is 2.50 bits per heavy atom. The van der Waals surface area contributed by atoms with Gasteiger partial charge in [0.15, 0.2) is 5.82 Å². The lowest BCUT2D eigenvalue weighted by atomic mass is 10.1. The number of anilines is 1. The van der Waals surface area contributed by atoms with E-state index in [1.807, 2.05) is 0 Å². The van der Waals surface area contributed by atoms with Gasteiger partial charge in [0.25, 0.3) is 0 Å². The maximum Gasteiger partial charge on any atom is 0.151 e. The molecule has 1 aliphatic rings. The molecule has 0 fully saturated rings. The number of hydrogen-bond donors (Lipinski definition) is 2. The third-order valence-electron chi connectivity index (χ3n) is 1.73. The monoisotopic (exact) mass is 139 g/mol. The number of nitrogens with two attached hydrogens (primary N) is 1. The molecular formula is C6H9N3O. The van der Waals surface area contributed by atoms with Crippen LogP contribution in [0.15, 0.2) is 0 Å². The lowest BCUT2D eigenvalue weighted by molar-refractivity contribution is 0.110. The number of nitrogens with one attached hydrogen (secondary N) is 1. The van der Waals surface area contributed by atoms with Gasteiger partial charge in [-0.1, -0.05) is 0 Å². The minimum Gasteiger partial charge on any atom is -0.382 e. The molecule has 10 heavy (non-hydrogen) atoms. The van der Waals surface area contributed by atoms with Crippen molar-refractivity contribution < 1.29 is 4.74 Å². The molecule has 0 aliphatic carbocycles. The standard InChI is InChI=1S/C6H9N3O/c7-6-4-3-10-2-1-5(4)8-9-6/h1-3H2,(H3,7,8,9). The summed E-state index contributed by atoms with van der Waals surface area (Å²) in [5.74, 6) is 0.578. The number of fused-ring (bicyclic) bond motifs is 1. The zero-order valence-corrected chi connectivity index (χ0v) is 5.55. The smallest absolute Gasteiger partial charge is 0.151 e. The van der Waals surface area contributed by atoms with Crippen LogP contribution in [0.3, 0.4) is 0 Å². The summed E-state index contributed by atoms with van der Waals surface area (Å²) in [7, 11) is 0. The van der Waals surface area contributed by atoms with Crippen molar-refractivity contribution in [2.45, 2.75) is 13.0 Å². The summed E-state index contributed by atoms with van der Waals surface area (Å²) in [6, 6.07) is 0. The second-order valence-corrected chi connectivity index (χ2v) is 2.37. The second kappa shape index (κ2) is 1.98. The van der Waals surface area contributed by atoms with Crippen LogP contribution in [0.2, 0.25) is 0 Å². The number of hydrogen-bond acceptors (Lipinski definition) is 3. The third kappa shape index (κ3) is 0.690. The third-order valence-corrected chi connectivity index (χ3v) is 1.73. The molecule has 0 atom stereocenters. The van der Waals surface area contributed by atoms with E-state index in [0.29, 0.717) is 12.4 Å². The van der Waals surface area contributed by atoms with E-state index in [1.54, 1.807) is 0 Å². The van der Waals surface area contributed by atoms with Crippen LogP contribution in [0.5, 0.6) is 0 Å². The molecule has 54 valence electrons. The van der Waals surface area contributed by atoms with Crippen molar-refractivity contribution in [3.8, 4) is 0 Å². The van der Waals surface area contributed by atoms with E-state index in [4.69, 9.17) is 10.5 Å². The SMILES string of the molecule is Nc1n[nH]c2c1COCC2. The van der Waals surface area contributed by atoms with E-state index in [-0.39, 0.29) is 0 Å². The maximum absolute atomic E-state index is 5.54. The lowest BCUT2D eigenvalue weighted by Crippen LogP contribution is -2.09. The first-order valence-electron chi connectivity index (χ1n) is 3.27. The van der Waals surface area contributed by atoms with Crippen molar-refractivity contribution in [3.05, 3.63) is 11.3 Å². The Morgan fingerprint density at radius 1 is 1.60 bits per heavy atom. The van der Waals surface area contributed by atoms with Gasteiger partial charge in [0, 0.05) is 17.7 Å². The van der Waals surface area contributed by atoms with Gasteiger partial charge in [0.2, 0.25) is 0 Å². The Balaban J connectivity index is 2.45. The van der Waals surface area contributed by atoms with Crippen LogP contribution in [0, 0.1) is 0 Å². The highest BCUT2D eigenvalue weighted by Gasteiger charge is 2.14. The number of nitrogens with zero attached hydrogens (tertiary/aromatic N) is 1. The van der Waals surface area contributed by atoms with Gasteiger partial charge < -0.3 is 10.5 Å². The molecule has 1 aliphatic heterocycles. The first-order valence-corrected chi connectivity index (χ1v) is 3.27. The van der Waals surface area contributed by atoms with E-state index in [1.165, 1.54) is 0 Å². The van der Waals surface area contributed by atoms with Crippen molar-refractivity contribution in [1.82, 2.24) is 10.2 Å². The molecule has 0 spiro atoms. The molecule has 0 unspecified atom stereocenters. The number of aromatic nitrogens is 2. The molecule has 2 rings (SSSR count). The zero-order valence-electron chi connectivity index (χ0n) is 5.55. The van der Waals surface area contributed by atoms with Crippen LogP contribution < -0.4 is 5.73 Å². The summed E-state index contributed by atoms with van der Waals surface area (Å²) in [4.78, 5) is 0. The highest BCUT2D eigenvalue weighted by molar-refractivity contribution is 5.42. The van der Waals surface area contributed by atoms with E-state index in [2.05, 4.69) is 10.2 Å². The molecule has 0 saturated heterocycles. The fourth-order valence-corrected chi connectivity index (χ4v) is 1.13. The first-order chi connectivity index (χ1) is 4.88. The highest BCUT2D eigenvalue weighted by Crippen LogP contribution is 2.18. The summed E-state index contributed by atoms with van der Waals surface area (Å²) in [6.07, 6.45) is 0.902. The van der Waals surface area contributed by atoms with E-state index < -0.39 is 0 Å². The minimum atomic E-state index is 0.578. The minimum absolute atomic E-state index is 0.578. The number of aromatic amines is 1. The second-order valence-electron chi connectivity index (χ2n) is 2.37. The summed E-state index contributed by atoms with van der Waals surface area (Å²) in [6.45, 7) is 1.38. The van der Waals surface area contributed by atoms with Gasteiger partial charge in [-0.2, -0.15) is 5.10 Å². The molecule has 4 heteroatoms. The molecule has 1 aromatic rings. The van der Waals surface area contributed by atoms with Gasteiger partial charge in [-0.3, -0.25) is 5.10 Å². The van der Waals surface area contributed by atoms with Gasteiger partial charge in [0.05, 0.1) is 13.2 Å². The fourth-order valence-electron chi connectivity index (χ4n) is 1.13. The van der Waals surface area contributed by atoms with Crippen LogP contribution >= 0.6 is 0 Å². The number of rotatable bonds is 0. The van der Waals surface area contributed by atoms with E-state index in [9.17, 15) is 0 Å². The van der Waals surface area contributed by atoms with Crippen molar-refractivity contribution >= 4 is 5.82 Å². The molecule has 0 saturated carbocycles. The Morgan fingerprint density at radius 3 is 3.30 bits per heavy atom. The largest absolute Gasteiger partial charge is 0.382 e. The summed E-state index contributed by atoms with van der Waals surface area (Å²) < 4.78 is 5.20. The van der Waals surface area contributed by atoms with Gasteiger partial charge in [0.1, 0.15) is 0 Å². The van der Waals surface area contributed by atoms with Crippen LogP contribution in [0.25, 0.3) is 0 Å².